The van der Waals surface area contributed by atoms with E-state index in [0.29, 0.717) is 0 Å². The summed E-state index contributed by atoms with van der Waals surface area (Å²) in [6.07, 6.45) is 0. The lowest BCUT2D eigenvalue weighted by molar-refractivity contribution is 0.660. The third-order valence-corrected chi connectivity index (χ3v) is 13.6. The molecule has 0 amide bonds. The zero-order valence-corrected chi connectivity index (χ0v) is 32.3. The van der Waals surface area contributed by atoms with Gasteiger partial charge in [-0.1, -0.05) is 141 Å². The van der Waals surface area contributed by atoms with Crippen LogP contribution in [0.15, 0.2) is 192 Å². The van der Waals surface area contributed by atoms with E-state index < -0.39 is 5.41 Å². The van der Waals surface area contributed by atoms with Gasteiger partial charge in [0, 0.05) is 33.2 Å². The molecule has 0 saturated carbocycles. The van der Waals surface area contributed by atoms with Crippen molar-refractivity contribution in [1.29, 1.82) is 0 Å². The van der Waals surface area contributed by atoms with Gasteiger partial charge in [0.25, 0.3) is 0 Å². The zero-order valence-electron chi connectivity index (χ0n) is 32.3. The lowest BCUT2D eigenvalue weighted by Gasteiger charge is -2.32. The van der Waals surface area contributed by atoms with Crippen molar-refractivity contribution in [3.8, 4) is 33.4 Å². The van der Waals surface area contributed by atoms with E-state index >= 15 is 0 Å². The van der Waals surface area contributed by atoms with Crippen molar-refractivity contribution < 1.29 is 4.42 Å². The van der Waals surface area contributed by atoms with E-state index in [-0.39, 0.29) is 5.41 Å². The predicted octanol–water partition coefficient (Wildman–Crippen LogP) is 14.9. The molecule has 1 spiro atoms. The summed E-state index contributed by atoms with van der Waals surface area (Å²) >= 11 is 0. The third kappa shape index (κ3) is 4.02. The quantitative estimate of drug-likeness (QED) is 0.179. The first-order chi connectivity index (χ1) is 28.5. The number of furan rings is 1. The van der Waals surface area contributed by atoms with Crippen molar-refractivity contribution in [3.63, 3.8) is 0 Å². The second kappa shape index (κ2) is 11.2. The summed E-state index contributed by atoms with van der Waals surface area (Å²) < 4.78 is 6.36. The van der Waals surface area contributed by atoms with Crippen LogP contribution in [0.4, 0.5) is 17.1 Å². The molecule has 1 heterocycles. The molecule has 2 heteroatoms. The molecule has 0 bridgehead atoms. The lowest BCUT2D eigenvalue weighted by atomic mass is 9.70. The molecule has 0 saturated heterocycles. The van der Waals surface area contributed by atoms with Crippen molar-refractivity contribution >= 4 is 49.8 Å². The molecule has 10 aromatic rings. The van der Waals surface area contributed by atoms with Crippen molar-refractivity contribution in [1.82, 2.24) is 0 Å². The Hall–Kier alpha value is -7.16. The van der Waals surface area contributed by atoms with E-state index in [1.807, 2.05) is 6.07 Å². The largest absolute Gasteiger partial charge is 0.456 e. The van der Waals surface area contributed by atoms with Crippen LogP contribution < -0.4 is 4.90 Å². The first-order valence-electron chi connectivity index (χ1n) is 20.3. The van der Waals surface area contributed by atoms with Gasteiger partial charge in [0.1, 0.15) is 11.2 Å². The molecule has 0 atom stereocenters. The summed E-state index contributed by atoms with van der Waals surface area (Å²) in [4.78, 5) is 2.47. The van der Waals surface area contributed by atoms with Gasteiger partial charge in [-0.25, -0.2) is 0 Å². The summed E-state index contributed by atoms with van der Waals surface area (Å²) in [5.74, 6) is 0. The zero-order chi connectivity index (χ0) is 38.3. The molecule has 0 radical (unpaired) electrons. The van der Waals surface area contributed by atoms with Crippen LogP contribution in [0.1, 0.15) is 47.2 Å². The minimum Gasteiger partial charge on any atom is -0.456 e. The van der Waals surface area contributed by atoms with E-state index in [1.54, 1.807) is 0 Å². The van der Waals surface area contributed by atoms with E-state index in [2.05, 4.69) is 201 Å². The summed E-state index contributed by atoms with van der Waals surface area (Å²) in [6.45, 7) is 4.73. The molecule has 58 heavy (non-hydrogen) atoms. The number of para-hydroxylation sites is 1. The van der Waals surface area contributed by atoms with Crippen LogP contribution in [-0.2, 0) is 10.8 Å². The standard InChI is InChI=1S/C56H37NO/c1-55(2)47-19-9-5-15-39(47)42-26-23-37(32-50(42)55)57(36-25-28-54-46(31-36)44-18-8-12-22-53(44)58-54)38-24-27-43-45-29-34-13-3-4-14-35(34)30-51(45)56(52(43)33-38)48-20-10-6-16-40(48)41-17-7-11-21-49(41)56/h3-33H,1-2H3. The Morgan fingerprint density at radius 2 is 0.828 bits per heavy atom. The average Bonchev–Trinajstić information content (AvgIpc) is 3.95. The highest BCUT2D eigenvalue weighted by atomic mass is 16.3. The Kier molecular flexibility index (Phi) is 6.20. The van der Waals surface area contributed by atoms with Crippen molar-refractivity contribution in [3.05, 3.63) is 221 Å². The van der Waals surface area contributed by atoms with Crippen LogP contribution in [0.3, 0.4) is 0 Å². The van der Waals surface area contributed by atoms with Crippen LogP contribution in [-0.4, -0.2) is 0 Å². The molecule has 0 aliphatic heterocycles. The van der Waals surface area contributed by atoms with Gasteiger partial charge in [0.05, 0.1) is 5.41 Å². The smallest absolute Gasteiger partial charge is 0.135 e. The number of hydrogen-bond acceptors (Lipinski definition) is 2. The molecule has 272 valence electrons. The lowest BCUT2D eigenvalue weighted by Crippen LogP contribution is -2.26. The van der Waals surface area contributed by atoms with Gasteiger partial charge in [-0.15, -0.1) is 0 Å². The molecule has 0 unspecified atom stereocenters. The maximum absolute atomic E-state index is 6.36. The molecule has 1 aromatic heterocycles. The van der Waals surface area contributed by atoms with Crippen molar-refractivity contribution in [2.75, 3.05) is 4.90 Å². The molecule has 3 aliphatic rings. The fourth-order valence-electron chi connectivity index (χ4n) is 11.1. The van der Waals surface area contributed by atoms with E-state index in [0.717, 1.165) is 39.0 Å². The van der Waals surface area contributed by atoms with Crippen LogP contribution in [0, 0.1) is 0 Å². The van der Waals surface area contributed by atoms with Gasteiger partial charge in [-0.3, -0.25) is 0 Å². The Morgan fingerprint density at radius 1 is 0.345 bits per heavy atom. The van der Waals surface area contributed by atoms with E-state index in [4.69, 9.17) is 4.42 Å². The molecule has 2 nitrogen and oxygen atoms in total. The minimum atomic E-state index is -0.476. The number of nitrogens with zero attached hydrogens (tertiary/aromatic N) is 1. The van der Waals surface area contributed by atoms with Gasteiger partial charge >= 0.3 is 0 Å². The van der Waals surface area contributed by atoms with Crippen molar-refractivity contribution in [2.24, 2.45) is 0 Å². The average molecular weight is 740 g/mol. The highest BCUT2D eigenvalue weighted by Gasteiger charge is 2.52. The number of benzene rings is 9. The number of anilines is 3. The normalized spacial score (nSPS) is 14.7. The summed E-state index contributed by atoms with van der Waals surface area (Å²) in [7, 11) is 0. The van der Waals surface area contributed by atoms with Crippen LogP contribution in [0.5, 0.6) is 0 Å². The SMILES string of the molecule is CC1(C)c2ccccc2-c2ccc(N(c3ccc4c(c3)C3(c5ccccc5-c5ccccc53)c3cc5ccccc5cc3-4)c3ccc4oc5ccccc5c4c3)cc21. The highest BCUT2D eigenvalue weighted by molar-refractivity contribution is 6.07. The topological polar surface area (TPSA) is 16.4 Å². The Bertz CT molecular complexity index is 3350. The third-order valence-electron chi connectivity index (χ3n) is 13.6. The monoisotopic (exact) mass is 739 g/mol. The summed E-state index contributed by atoms with van der Waals surface area (Å²) in [5.41, 5.74) is 20.5. The number of hydrogen-bond donors (Lipinski definition) is 0. The van der Waals surface area contributed by atoms with Crippen LogP contribution in [0.2, 0.25) is 0 Å². The summed E-state index contributed by atoms with van der Waals surface area (Å²) in [6, 6.07) is 70.2. The van der Waals surface area contributed by atoms with Gasteiger partial charge in [-0.2, -0.15) is 0 Å². The second-order valence-electron chi connectivity index (χ2n) is 16.8. The second-order valence-corrected chi connectivity index (χ2v) is 16.8. The number of rotatable bonds is 3. The van der Waals surface area contributed by atoms with Crippen LogP contribution in [0.25, 0.3) is 66.1 Å². The molecular weight excluding hydrogens is 703 g/mol. The van der Waals surface area contributed by atoms with Gasteiger partial charge in [-0.05, 0) is 138 Å². The molecule has 13 rings (SSSR count). The predicted molar refractivity (Wildman–Crippen MR) is 240 cm³/mol. The first-order valence-corrected chi connectivity index (χ1v) is 20.3. The van der Waals surface area contributed by atoms with Gasteiger partial charge in [0.2, 0.25) is 0 Å². The maximum Gasteiger partial charge on any atom is 0.135 e. The van der Waals surface area contributed by atoms with Gasteiger partial charge < -0.3 is 9.32 Å². The Labute approximate surface area is 337 Å². The fraction of sp³-hybridized carbons (Fsp3) is 0.0714. The first kappa shape index (κ1) is 32.0. The van der Waals surface area contributed by atoms with Crippen LogP contribution >= 0.6 is 0 Å². The Balaban J connectivity index is 1.10. The molecule has 3 aliphatic carbocycles. The van der Waals surface area contributed by atoms with Gasteiger partial charge in [0.15, 0.2) is 0 Å². The maximum atomic E-state index is 6.36. The molecule has 0 N–H and O–H groups in total. The fourth-order valence-corrected chi connectivity index (χ4v) is 11.1. The number of fused-ring (bicyclic) bond motifs is 17. The molecular formula is C56H37NO. The van der Waals surface area contributed by atoms with Crippen molar-refractivity contribution in [2.45, 2.75) is 24.7 Å². The minimum absolute atomic E-state index is 0.138. The molecule has 0 fully saturated rings. The van der Waals surface area contributed by atoms with E-state index in [1.165, 1.54) is 77.5 Å². The van der Waals surface area contributed by atoms with E-state index in [9.17, 15) is 0 Å². The molecule has 9 aromatic carbocycles. The Morgan fingerprint density at radius 3 is 1.55 bits per heavy atom. The summed E-state index contributed by atoms with van der Waals surface area (Å²) in [5, 5.41) is 4.76. The highest BCUT2D eigenvalue weighted by Crippen LogP contribution is 2.64.